The summed E-state index contributed by atoms with van der Waals surface area (Å²) >= 11 is 0. The van der Waals surface area contributed by atoms with E-state index < -0.39 is 16.1 Å². The lowest BCUT2D eigenvalue weighted by atomic mass is 10.1. The van der Waals surface area contributed by atoms with Crippen molar-refractivity contribution in [3.63, 3.8) is 0 Å². The summed E-state index contributed by atoms with van der Waals surface area (Å²) in [4.78, 5) is 8.42. The fourth-order valence-corrected chi connectivity index (χ4v) is 5.10. The Balaban J connectivity index is 1.59. The van der Waals surface area contributed by atoms with E-state index in [1.165, 1.54) is 22.6 Å². The summed E-state index contributed by atoms with van der Waals surface area (Å²) < 4.78 is 46.9. The zero-order chi connectivity index (χ0) is 19.6. The van der Waals surface area contributed by atoms with Crippen LogP contribution in [0.15, 0.2) is 64.3 Å². The minimum Gasteiger partial charge on any atom is -0.444 e. The average Bonchev–Trinajstić information content (AvgIpc) is 3.17. The number of rotatable bonds is 5. The van der Waals surface area contributed by atoms with Crippen LogP contribution in [0.1, 0.15) is 42.5 Å². The molecule has 1 aromatic carbocycles. The fraction of sp³-hybridized carbons (Fsp3) is 0.300. The highest BCUT2D eigenvalue weighted by molar-refractivity contribution is 7.89. The van der Waals surface area contributed by atoms with Crippen LogP contribution in [-0.2, 0) is 16.4 Å². The van der Waals surface area contributed by atoms with E-state index in [9.17, 15) is 12.8 Å². The first-order chi connectivity index (χ1) is 13.5. The van der Waals surface area contributed by atoms with Crippen LogP contribution in [0.2, 0.25) is 0 Å². The minimum absolute atomic E-state index is 0.161. The lowest BCUT2D eigenvalue weighted by Gasteiger charge is -2.32. The molecule has 0 spiro atoms. The van der Waals surface area contributed by atoms with Gasteiger partial charge in [0.2, 0.25) is 15.9 Å². The molecule has 1 aliphatic heterocycles. The van der Waals surface area contributed by atoms with Gasteiger partial charge in [0.15, 0.2) is 0 Å². The summed E-state index contributed by atoms with van der Waals surface area (Å²) in [5.41, 5.74) is 0.770. The molecule has 8 heteroatoms. The van der Waals surface area contributed by atoms with Gasteiger partial charge in [-0.2, -0.15) is 4.31 Å². The molecule has 3 aromatic rings. The summed E-state index contributed by atoms with van der Waals surface area (Å²) in [5, 5.41) is 0. The van der Waals surface area contributed by atoms with Gasteiger partial charge in [-0.3, -0.25) is 4.98 Å². The number of pyridine rings is 1. The van der Waals surface area contributed by atoms with Crippen LogP contribution in [-0.4, -0.2) is 29.2 Å². The second-order valence-corrected chi connectivity index (χ2v) is 8.68. The molecule has 3 heterocycles. The summed E-state index contributed by atoms with van der Waals surface area (Å²) in [6.45, 7) is 0.406. The van der Waals surface area contributed by atoms with Gasteiger partial charge in [0.25, 0.3) is 0 Å². The number of hydrogen-bond donors (Lipinski definition) is 0. The molecule has 6 nitrogen and oxygen atoms in total. The van der Waals surface area contributed by atoms with Gasteiger partial charge in [-0.15, -0.1) is 0 Å². The van der Waals surface area contributed by atoms with Crippen LogP contribution in [0.25, 0.3) is 0 Å². The number of oxazole rings is 1. The minimum atomic E-state index is -3.69. The molecule has 0 amide bonds. The zero-order valence-corrected chi connectivity index (χ0v) is 16.0. The largest absolute Gasteiger partial charge is 0.444 e. The van der Waals surface area contributed by atoms with E-state index in [-0.39, 0.29) is 10.7 Å². The smallest absolute Gasteiger partial charge is 0.245 e. The third-order valence-electron chi connectivity index (χ3n) is 4.82. The van der Waals surface area contributed by atoms with Gasteiger partial charge in [0, 0.05) is 25.4 Å². The van der Waals surface area contributed by atoms with Gasteiger partial charge in [-0.1, -0.05) is 18.6 Å². The second kappa shape index (κ2) is 7.81. The van der Waals surface area contributed by atoms with Crippen molar-refractivity contribution in [1.82, 2.24) is 14.3 Å². The van der Waals surface area contributed by atoms with Gasteiger partial charge in [-0.05, 0) is 42.7 Å². The molecule has 0 radical (unpaired) electrons. The van der Waals surface area contributed by atoms with E-state index in [0.717, 1.165) is 18.4 Å². The highest BCUT2D eigenvalue weighted by atomic mass is 32.2. The van der Waals surface area contributed by atoms with E-state index in [4.69, 9.17) is 4.42 Å². The lowest BCUT2D eigenvalue weighted by molar-refractivity contribution is 0.216. The fourth-order valence-electron chi connectivity index (χ4n) is 3.48. The molecule has 4 rings (SSSR count). The van der Waals surface area contributed by atoms with Crippen LogP contribution in [0, 0.1) is 5.82 Å². The SMILES string of the molecule is O=S(=O)(c1cccnc1)N1CCCCC1c1ncc(Cc2cccc(F)c2)o1. The van der Waals surface area contributed by atoms with Crippen molar-refractivity contribution in [1.29, 1.82) is 0 Å². The van der Waals surface area contributed by atoms with E-state index in [2.05, 4.69) is 9.97 Å². The van der Waals surface area contributed by atoms with Crippen LogP contribution in [0.5, 0.6) is 0 Å². The third kappa shape index (κ3) is 3.83. The van der Waals surface area contributed by atoms with Crippen LogP contribution in [0.3, 0.4) is 0 Å². The second-order valence-electron chi connectivity index (χ2n) is 6.79. The summed E-state index contributed by atoms with van der Waals surface area (Å²) in [5.74, 6) is 0.640. The van der Waals surface area contributed by atoms with Gasteiger partial charge < -0.3 is 4.42 Å². The quantitative estimate of drug-likeness (QED) is 0.651. The van der Waals surface area contributed by atoms with Crippen molar-refractivity contribution >= 4 is 10.0 Å². The molecular weight excluding hydrogens is 381 g/mol. The third-order valence-corrected chi connectivity index (χ3v) is 6.71. The van der Waals surface area contributed by atoms with Crippen molar-refractivity contribution in [2.45, 2.75) is 36.6 Å². The van der Waals surface area contributed by atoms with Crippen molar-refractivity contribution < 1.29 is 17.2 Å². The Bertz CT molecular complexity index is 1050. The van der Waals surface area contributed by atoms with Gasteiger partial charge in [0.05, 0.1) is 6.20 Å². The predicted molar refractivity (Wildman–Crippen MR) is 100 cm³/mol. The summed E-state index contributed by atoms with van der Waals surface area (Å²) in [7, 11) is -3.69. The highest BCUT2D eigenvalue weighted by Gasteiger charge is 2.37. The first-order valence-electron chi connectivity index (χ1n) is 9.15. The monoisotopic (exact) mass is 401 g/mol. The van der Waals surface area contributed by atoms with E-state index in [0.29, 0.717) is 31.0 Å². The predicted octanol–water partition coefficient (Wildman–Crippen LogP) is 3.72. The Hall–Kier alpha value is -2.58. The average molecular weight is 401 g/mol. The maximum atomic E-state index is 13.4. The molecule has 1 unspecified atom stereocenters. The first-order valence-corrected chi connectivity index (χ1v) is 10.6. The Morgan fingerprint density at radius 1 is 1.18 bits per heavy atom. The van der Waals surface area contributed by atoms with Crippen molar-refractivity contribution in [3.8, 4) is 0 Å². The molecule has 0 bridgehead atoms. The summed E-state index contributed by atoms with van der Waals surface area (Å²) in [6, 6.07) is 8.98. The normalized spacial score (nSPS) is 18.2. The van der Waals surface area contributed by atoms with Crippen LogP contribution >= 0.6 is 0 Å². The maximum Gasteiger partial charge on any atom is 0.245 e. The van der Waals surface area contributed by atoms with Crippen molar-refractivity contribution in [2.75, 3.05) is 6.54 Å². The molecule has 2 aromatic heterocycles. The van der Waals surface area contributed by atoms with Crippen LogP contribution < -0.4 is 0 Å². The molecule has 0 saturated carbocycles. The van der Waals surface area contributed by atoms with Gasteiger partial charge in [0.1, 0.15) is 22.5 Å². The lowest BCUT2D eigenvalue weighted by Crippen LogP contribution is -2.38. The Morgan fingerprint density at radius 3 is 2.86 bits per heavy atom. The Labute approximate surface area is 163 Å². The van der Waals surface area contributed by atoms with E-state index in [1.54, 1.807) is 30.6 Å². The number of benzene rings is 1. The van der Waals surface area contributed by atoms with E-state index in [1.807, 2.05) is 6.07 Å². The number of nitrogens with zero attached hydrogens (tertiary/aromatic N) is 3. The molecule has 1 atom stereocenters. The molecule has 28 heavy (non-hydrogen) atoms. The zero-order valence-electron chi connectivity index (χ0n) is 15.2. The van der Waals surface area contributed by atoms with Gasteiger partial charge >= 0.3 is 0 Å². The molecule has 0 aliphatic carbocycles. The molecular formula is C20H20FN3O3S. The van der Waals surface area contributed by atoms with Crippen LogP contribution in [0.4, 0.5) is 4.39 Å². The number of halogens is 1. The molecule has 1 aliphatic rings. The number of aromatic nitrogens is 2. The Kier molecular flexibility index (Phi) is 5.23. The van der Waals surface area contributed by atoms with Crippen molar-refractivity contribution in [2.24, 2.45) is 0 Å². The topological polar surface area (TPSA) is 76.3 Å². The molecule has 146 valence electrons. The number of piperidine rings is 1. The molecule has 0 N–H and O–H groups in total. The molecule has 1 saturated heterocycles. The Morgan fingerprint density at radius 2 is 2.07 bits per heavy atom. The maximum absolute atomic E-state index is 13.4. The standard InChI is InChI=1S/C20H20FN3O3S/c21-16-6-3-5-15(11-16)12-17-13-23-20(27-17)19-8-1-2-10-24(19)28(25,26)18-7-4-9-22-14-18/h3-7,9,11,13-14,19H,1-2,8,10,12H2. The number of hydrogen-bond acceptors (Lipinski definition) is 5. The van der Waals surface area contributed by atoms with Gasteiger partial charge in [-0.25, -0.2) is 17.8 Å². The summed E-state index contributed by atoms with van der Waals surface area (Å²) in [6.07, 6.45) is 7.19. The highest BCUT2D eigenvalue weighted by Crippen LogP contribution is 2.35. The van der Waals surface area contributed by atoms with E-state index >= 15 is 0 Å². The first kappa shape index (κ1) is 18.8. The van der Waals surface area contributed by atoms with Crippen molar-refractivity contribution in [3.05, 3.63) is 78.0 Å². The molecule has 1 fully saturated rings. The number of sulfonamides is 1.